The van der Waals surface area contributed by atoms with E-state index < -0.39 is 0 Å². The molecule has 0 bridgehead atoms. The molecule has 0 radical (unpaired) electrons. The highest BCUT2D eigenvalue weighted by Gasteiger charge is 2.16. The fourth-order valence-corrected chi connectivity index (χ4v) is 2.62. The fraction of sp³-hybridized carbons (Fsp3) is 0.188. The molecular weight excluding hydrogens is 352 g/mol. The number of hydrogen-bond donors (Lipinski definition) is 2. The third kappa shape index (κ3) is 3.99. The second kappa shape index (κ2) is 6.96. The summed E-state index contributed by atoms with van der Waals surface area (Å²) in [7, 11) is 0. The second-order valence-electron chi connectivity index (χ2n) is 4.73. The maximum atomic E-state index is 12.4. The van der Waals surface area contributed by atoms with E-state index in [0.29, 0.717) is 16.3 Å². The first kappa shape index (κ1) is 15.9. The number of halogens is 2. The monoisotopic (exact) mass is 366 g/mol. The van der Waals surface area contributed by atoms with Gasteiger partial charge in [-0.1, -0.05) is 30.7 Å². The smallest absolute Gasteiger partial charge is 0.252 e. The van der Waals surface area contributed by atoms with Crippen molar-refractivity contribution >= 4 is 39.1 Å². The topological polar surface area (TPSA) is 55.1 Å². The summed E-state index contributed by atoms with van der Waals surface area (Å²) in [5.41, 5.74) is 7.85. The average molecular weight is 368 g/mol. The van der Waals surface area contributed by atoms with Gasteiger partial charge in [-0.15, -0.1) is 0 Å². The molecule has 0 fully saturated rings. The minimum Gasteiger partial charge on any atom is -0.399 e. The summed E-state index contributed by atoms with van der Waals surface area (Å²) < 4.78 is 0.722. The Hall–Kier alpha value is -1.52. The Bertz CT molecular complexity index is 643. The molecule has 2 rings (SSSR count). The molecule has 0 aliphatic rings. The van der Waals surface area contributed by atoms with Gasteiger partial charge in [0.1, 0.15) is 0 Å². The van der Waals surface area contributed by atoms with E-state index in [9.17, 15) is 4.79 Å². The molecular formula is C16H16BrClN2O. The van der Waals surface area contributed by atoms with Crippen molar-refractivity contribution < 1.29 is 4.79 Å². The number of amides is 1. The van der Waals surface area contributed by atoms with Gasteiger partial charge in [-0.2, -0.15) is 0 Å². The van der Waals surface area contributed by atoms with Gasteiger partial charge in [-0.05, 0) is 58.2 Å². The zero-order valence-corrected chi connectivity index (χ0v) is 13.9. The molecule has 0 saturated carbocycles. The van der Waals surface area contributed by atoms with Crippen LogP contribution >= 0.6 is 27.5 Å². The molecule has 5 heteroatoms. The lowest BCUT2D eigenvalue weighted by molar-refractivity contribution is 0.0935. The zero-order chi connectivity index (χ0) is 15.4. The summed E-state index contributed by atoms with van der Waals surface area (Å²) in [5.74, 6) is -0.157. The van der Waals surface area contributed by atoms with Gasteiger partial charge >= 0.3 is 0 Å². The summed E-state index contributed by atoms with van der Waals surface area (Å²) >= 11 is 9.27. The first-order valence-electron chi connectivity index (χ1n) is 6.62. The van der Waals surface area contributed by atoms with Gasteiger partial charge in [0, 0.05) is 15.2 Å². The van der Waals surface area contributed by atoms with Crippen molar-refractivity contribution in [1.29, 1.82) is 0 Å². The molecule has 2 aromatic carbocycles. The number of nitrogen functional groups attached to an aromatic ring is 1. The molecule has 0 saturated heterocycles. The van der Waals surface area contributed by atoms with Crippen LogP contribution in [0, 0.1) is 0 Å². The standard InChI is InChI=1S/C16H16BrClN2O/c1-2-15(10-3-5-11(18)6-4-10)20-16(21)13-9-12(19)7-8-14(13)17/h3-9,15H,2,19H2,1H3,(H,20,21). The first-order chi connectivity index (χ1) is 10.0. The Balaban J connectivity index is 2.20. The fourth-order valence-electron chi connectivity index (χ4n) is 2.07. The van der Waals surface area contributed by atoms with Crippen molar-refractivity contribution in [3.05, 3.63) is 63.1 Å². The molecule has 110 valence electrons. The lowest BCUT2D eigenvalue weighted by Crippen LogP contribution is -2.28. The van der Waals surface area contributed by atoms with E-state index in [1.54, 1.807) is 18.2 Å². The van der Waals surface area contributed by atoms with Crippen LogP contribution in [0.25, 0.3) is 0 Å². The lowest BCUT2D eigenvalue weighted by atomic mass is 10.0. The third-order valence-electron chi connectivity index (χ3n) is 3.22. The van der Waals surface area contributed by atoms with Crippen LogP contribution in [-0.2, 0) is 0 Å². The highest BCUT2D eigenvalue weighted by molar-refractivity contribution is 9.10. The van der Waals surface area contributed by atoms with Crippen LogP contribution < -0.4 is 11.1 Å². The summed E-state index contributed by atoms with van der Waals surface area (Å²) in [4.78, 5) is 12.4. The van der Waals surface area contributed by atoms with Gasteiger partial charge in [0.2, 0.25) is 0 Å². The van der Waals surface area contributed by atoms with Crippen LogP contribution in [0.3, 0.4) is 0 Å². The second-order valence-corrected chi connectivity index (χ2v) is 6.02. The Kier molecular flexibility index (Phi) is 5.26. The normalized spacial score (nSPS) is 12.0. The lowest BCUT2D eigenvalue weighted by Gasteiger charge is -2.18. The summed E-state index contributed by atoms with van der Waals surface area (Å²) in [6, 6.07) is 12.6. The number of benzene rings is 2. The summed E-state index contributed by atoms with van der Waals surface area (Å²) in [6.07, 6.45) is 0.785. The van der Waals surface area contributed by atoms with Crippen molar-refractivity contribution in [2.45, 2.75) is 19.4 Å². The van der Waals surface area contributed by atoms with E-state index in [1.165, 1.54) is 0 Å². The van der Waals surface area contributed by atoms with Gasteiger partial charge in [0.15, 0.2) is 0 Å². The Labute approximate surface area is 137 Å². The van der Waals surface area contributed by atoms with Crippen LogP contribution in [-0.4, -0.2) is 5.91 Å². The van der Waals surface area contributed by atoms with Crippen molar-refractivity contribution in [1.82, 2.24) is 5.32 Å². The molecule has 3 N–H and O–H groups in total. The maximum absolute atomic E-state index is 12.4. The van der Waals surface area contributed by atoms with Crippen LogP contribution in [0.15, 0.2) is 46.9 Å². The number of hydrogen-bond acceptors (Lipinski definition) is 2. The van der Waals surface area contributed by atoms with E-state index in [2.05, 4.69) is 21.2 Å². The van der Waals surface area contributed by atoms with E-state index in [4.69, 9.17) is 17.3 Å². The van der Waals surface area contributed by atoms with E-state index in [1.807, 2.05) is 31.2 Å². The van der Waals surface area contributed by atoms with Crippen LogP contribution in [0.5, 0.6) is 0 Å². The Morgan fingerprint density at radius 1 is 1.29 bits per heavy atom. The maximum Gasteiger partial charge on any atom is 0.252 e. The van der Waals surface area contributed by atoms with Crippen molar-refractivity contribution in [3.63, 3.8) is 0 Å². The number of rotatable bonds is 4. The Morgan fingerprint density at radius 3 is 2.57 bits per heavy atom. The quantitative estimate of drug-likeness (QED) is 0.778. The van der Waals surface area contributed by atoms with Gasteiger partial charge in [-0.3, -0.25) is 4.79 Å². The van der Waals surface area contributed by atoms with E-state index >= 15 is 0 Å². The van der Waals surface area contributed by atoms with E-state index in [0.717, 1.165) is 16.5 Å². The molecule has 0 spiro atoms. The molecule has 1 atom stereocenters. The molecule has 1 unspecified atom stereocenters. The predicted octanol–water partition coefficient (Wildman–Crippen LogP) is 4.57. The number of anilines is 1. The number of nitrogens with two attached hydrogens (primary N) is 1. The molecule has 0 heterocycles. The number of carbonyl (C=O) groups is 1. The minimum absolute atomic E-state index is 0.0666. The largest absolute Gasteiger partial charge is 0.399 e. The Morgan fingerprint density at radius 2 is 1.95 bits per heavy atom. The average Bonchev–Trinajstić information content (AvgIpc) is 2.48. The molecule has 3 nitrogen and oxygen atoms in total. The molecule has 2 aromatic rings. The van der Waals surface area contributed by atoms with Gasteiger partial charge in [-0.25, -0.2) is 0 Å². The van der Waals surface area contributed by atoms with Crippen LogP contribution in [0.1, 0.15) is 35.3 Å². The number of nitrogens with one attached hydrogen (secondary N) is 1. The number of carbonyl (C=O) groups excluding carboxylic acids is 1. The highest BCUT2D eigenvalue weighted by Crippen LogP contribution is 2.23. The predicted molar refractivity (Wildman–Crippen MR) is 90.5 cm³/mol. The first-order valence-corrected chi connectivity index (χ1v) is 7.79. The van der Waals surface area contributed by atoms with E-state index in [-0.39, 0.29) is 11.9 Å². The molecule has 0 aromatic heterocycles. The van der Waals surface area contributed by atoms with Crippen molar-refractivity contribution in [3.8, 4) is 0 Å². The minimum atomic E-state index is -0.157. The highest BCUT2D eigenvalue weighted by atomic mass is 79.9. The molecule has 21 heavy (non-hydrogen) atoms. The molecule has 0 aliphatic carbocycles. The van der Waals surface area contributed by atoms with Crippen LogP contribution in [0.2, 0.25) is 5.02 Å². The molecule has 0 aliphatic heterocycles. The van der Waals surface area contributed by atoms with Crippen molar-refractivity contribution in [2.75, 3.05) is 5.73 Å². The zero-order valence-electron chi connectivity index (χ0n) is 11.6. The van der Waals surface area contributed by atoms with Gasteiger partial charge in [0.25, 0.3) is 5.91 Å². The summed E-state index contributed by atoms with van der Waals surface area (Å²) in [6.45, 7) is 2.02. The van der Waals surface area contributed by atoms with Gasteiger partial charge in [0.05, 0.1) is 11.6 Å². The van der Waals surface area contributed by atoms with Gasteiger partial charge < -0.3 is 11.1 Å². The van der Waals surface area contributed by atoms with Crippen LogP contribution in [0.4, 0.5) is 5.69 Å². The van der Waals surface area contributed by atoms with Crippen molar-refractivity contribution in [2.24, 2.45) is 0 Å². The summed E-state index contributed by atoms with van der Waals surface area (Å²) in [5, 5.41) is 3.70. The SMILES string of the molecule is CCC(NC(=O)c1cc(N)ccc1Br)c1ccc(Cl)cc1. The molecule has 1 amide bonds. The third-order valence-corrected chi connectivity index (χ3v) is 4.16.